The van der Waals surface area contributed by atoms with E-state index in [9.17, 15) is 18.4 Å². The predicted molar refractivity (Wildman–Crippen MR) is 69.0 cm³/mol. The van der Waals surface area contributed by atoms with Crippen molar-refractivity contribution in [1.29, 1.82) is 5.26 Å². The van der Waals surface area contributed by atoms with Gasteiger partial charge in [0.05, 0.1) is 13.2 Å². The molecule has 7 heteroatoms. The molecule has 2 atom stereocenters. The third kappa shape index (κ3) is 4.53. The second kappa shape index (κ2) is 7.33. The van der Waals surface area contributed by atoms with Gasteiger partial charge in [0.25, 0.3) is 5.91 Å². The summed E-state index contributed by atoms with van der Waals surface area (Å²) in [5.74, 6) is -4.20. The number of esters is 1. The molecule has 1 aromatic carbocycles. The zero-order valence-electron chi connectivity index (χ0n) is 11.5. The lowest BCUT2D eigenvalue weighted by Crippen LogP contribution is -2.42. The number of ether oxygens (including phenoxy) is 1. The van der Waals surface area contributed by atoms with Crippen molar-refractivity contribution < 1.29 is 23.1 Å². The van der Waals surface area contributed by atoms with Gasteiger partial charge in [-0.05, 0) is 31.5 Å². The van der Waals surface area contributed by atoms with Gasteiger partial charge in [-0.25, -0.2) is 13.6 Å². The number of carbonyl (C=O) groups is 2. The normalized spacial score (nSPS) is 12.9. The Kier molecular flexibility index (Phi) is 5.79. The topological polar surface area (TPSA) is 79.2 Å². The molecule has 0 saturated heterocycles. The Morgan fingerprint density at radius 2 is 2.05 bits per heavy atom. The summed E-state index contributed by atoms with van der Waals surface area (Å²) in [4.78, 5) is 23.5. The fraction of sp³-hybridized carbons (Fsp3) is 0.357. The zero-order chi connectivity index (χ0) is 16.0. The summed E-state index contributed by atoms with van der Waals surface area (Å²) in [6.07, 6.45) is 0.0542. The van der Waals surface area contributed by atoms with Gasteiger partial charge in [0, 0.05) is 11.5 Å². The van der Waals surface area contributed by atoms with Crippen LogP contribution in [0.3, 0.4) is 0 Å². The molecule has 5 nitrogen and oxygen atoms in total. The Hall–Kier alpha value is -2.49. The van der Waals surface area contributed by atoms with Gasteiger partial charge in [-0.15, -0.1) is 0 Å². The summed E-state index contributed by atoms with van der Waals surface area (Å²) in [6.45, 7) is 1.58. The second-order valence-electron chi connectivity index (χ2n) is 4.44. The molecule has 0 aliphatic carbocycles. The molecule has 0 radical (unpaired) electrons. The number of nitrogens with zero attached hydrogens (tertiary/aromatic N) is 1. The van der Waals surface area contributed by atoms with Crippen LogP contribution in [0, 0.1) is 28.9 Å². The van der Waals surface area contributed by atoms with Crippen LogP contribution in [-0.4, -0.2) is 25.0 Å². The van der Waals surface area contributed by atoms with E-state index in [1.54, 1.807) is 6.92 Å². The third-order valence-electron chi connectivity index (χ3n) is 2.78. The van der Waals surface area contributed by atoms with Crippen molar-refractivity contribution in [2.45, 2.75) is 19.4 Å². The van der Waals surface area contributed by atoms with Crippen LogP contribution in [0.4, 0.5) is 8.78 Å². The van der Waals surface area contributed by atoms with Crippen LogP contribution in [0.2, 0.25) is 0 Å². The van der Waals surface area contributed by atoms with Gasteiger partial charge in [0.15, 0.2) is 11.6 Å². The van der Waals surface area contributed by atoms with Crippen LogP contribution in [0.5, 0.6) is 0 Å². The molecular formula is C14H14F2N2O3. The number of rotatable bonds is 5. The first-order valence-corrected chi connectivity index (χ1v) is 6.12. The van der Waals surface area contributed by atoms with Crippen LogP contribution in [0.25, 0.3) is 0 Å². The van der Waals surface area contributed by atoms with Gasteiger partial charge in [0.1, 0.15) is 6.04 Å². The van der Waals surface area contributed by atoms with Crippen molar-refractivity contribution in [1.82, 2.24) is 5.32 Å². The molecule has 0 spiro atoms. The molecule has 0 unspecified atom stereocenters. The third-order valence-corrected chi connectivity index (χ3v) is 2.78. The number of amides is 1. The number of carbonyl (C=O) groups excluding carboxylic acids is 2. The number of methoxy groups -OCH3 is 1. The van der Waals surface area contributed by atoms with Gasteiger partial charge in [0.2, 0.25) is 0 Å². The minimum Gasteiger partial charge on any atom is -0.467 e. The fourth-order valence-electron chi connectivity index (χ4n) is 1.64. The molecule has 0 saturated carbocycles. The summed E-state index contributed by atoms with van der Waals surface area (Å²) in [7, 11) is 1.15. The molecule has 1 aromatic rings. The Bertz CT molecular complexity index is 584. The lowest BCUT2D eigenvalue weighted by atomic mass is 10.0. The molecule has 1 rings (SSSR count). The number of benzene rings is 1. The summed E-state index contributed by atoms with van der Waals surface area (Å²) in [5.41, 5.74) is -0.132. The van der Waals surface area contributed by atoms with E-state index in [1.165, 1.54) is 0 Å². The van der Waals surface area contributed by atoms with Gasteiger partial charge in [-0.3, -0.25) is 4.79 Å². The van der Waals surface area contributed by atoms with E-state index in [-0.39, 0.29) is 12.0 Å². The summed E-state index contributed by atoms with van der Waals surface area (Å²) < 4.78 is 30.4. The van der Waals surface area contributed by atoms with Crippen molar-refractivity contribution in [3.63, 3.8) is 0 Å². The standard InChI is InChI=1S/C14H14F2N2O3/c1-8(7-17)5-12(14(20)21-2)18-13(19)9-3-4-10(15)11(16)6-9/h3-4,6,8,12H,5H2,1-2H3,(H,18,19)/t8-,12+/m1/s1. The second-order valence-corrected chi connectivity index (χ2v) is 4.44. The van der Waals surface area contributed by atoms with Gasteiger partial charge >= 0.3 is 5.97 Å². The number of hydrogen-bond donors (Lipinski definition) is 1. The zero-order valence-corrected chi connectivity index (χ0v) is 11.5. The Morgan fingerprint density at radius 1 is 1.38 bits per heavy atom. The van der Waals surface area contributed by atoms with Crippen molar-refractivity contribution in [2.24, 2.45) is 5.92 Å². The monoisotopic (exact) mass is 296 g/mol. The van der Waals surface area contributed by atoms with Crippen LogP contribution in [0.1, 0.15) is 23.7 Å². The summed E-state index contributed by atoms with van der Waals surface area (Å²) >= 11 is 0. The highest BCUT2D eigenvalue weighted by Crippen LogP contribution is 2.11. The van der Waals surface area contributed by atoms with Crippen molar-refractivity contribution in [2.75, 3.05) is 7.11 Å². The van der Waals surface area contributed by atoms with Crippen molar-refractivity contribution in [3.8, 4) is 6.07 Å². The molecule has 0 bridgehead atoms. The molecular weight excluding hydrogens is 282 g/mol. The SMILES string of the molecule is COC(=O)[C@H](C[C@@H](C)C#N)NC(=O)c1ccc(F)c(F)c1. The van der Waals surface area contributed by atoms with Gasteiger partial charge < -0.3 is 10.1 Å². The lowest BCUT2D eigenvalue weighted by molar-refractivity contribution is -0.143. The van der Waals surface area contributed by atoms with E-state index < -0.39 is 35.5 Å². The van der Waals surface area contributed by atoms with Crippen LogP contribution in [0.15, 0.2) is 18.2 Å². The molecule has 0 heterocycles. The highest BCUT2D eigenvalue weighted by Gasteiger charge is 2.24. The van der Waals surface area contributed by atoms with Crippen molar-refractivity contribution in [3.05, 3.63) is 35.4 Å². The number of nitrogens with one attached hydrogen (secondary N) is 1. The average Bonchev–Trinajstić information content (AvgIpc) is 2.48. The van der Waals surface area contributed by atoms with E-state index in [2.05, 4.69) is 10.1 Å². The summed E-state index contributed by atoms with van der Waals surface area (Å²) in [6, 6.07) is 3.54. The molecule has 0 aromatic heterocycles. The first-order valence-electron chi connectivity index (χ1n) is 6.12. The van der Waals surface area contributed by atoms with Gasteiger partial charge in [-0.1, -0.05) is 0 Å². The number of hydrogen-bond acceptors (Lipinski definition) is 4. The van der Waals surface area contributed by atoms with Crippen LogP contribution >= 0.6 is 0 Å². The number of halogens is 2. The maximum Gasteiger partial charge on any atom is 0.328 e. The highest BCUT2D eigenvalue weighted by atomic mass is 19.2. The predicted octanol–water partition coefficient (Wildman–Crippen LogP) is 1.79. The van der Waals surface area contributed by atoms with E-state index in [1.807, 2.05) is 6.07 Å². The molecule has 0 aliphatic heterocycles. The first kappa shape index (κ1) is 16.6. The molecule has 112 valence electrons. The molecule has 0 aliphatic rings. The maximum atomic E-state index is 13.1. The average molecular weight is 296 g/mol. The Balaban J connectivity index is 2.87. The largest absolute Gasteiger partial charge is 0.467 e. The number of nitriles is 1. The maximum absolute atomic E-state index is 13.1. The molecule has 0 fully saturated rings. The lowest BCUT2D eigenvalue weighted by Gasteiger charge is -2.17. The Morgan fingerprint density at radius 3 is 2.57 bits per heavy atom. The van der Waals surface area contributed by atoms with Crippen molar-refractivity contribution >= 4 is 11.9 Å². The molecule has 1 N–H and O–H groups in total. The molecule has 1 amide bonds. The molecule has 21 heavy (non-hydrogen) atoms. The fourth-order valence-corrected chi connectivity index (χ4v) is 1.64. The Labute approximate surface area is 120 Å². The minimum atomic E-state index is -1.16. The smallest absolute Gasteiger partial charge is 0.328 e. The highest BCUT2D eigenvalue weighted by molar-refractivity contribution is 5.96. The van der Waals surface area contributed by atoms with E-state index in [4.69, 9.17) is 5.26 Å². The quantitative estimate of drug-likeness (QED) is 0.840. The summed E-state index contributed by atoms with van der Waals surface area (Å²) in [5, 5.41) is 11.1. The minimum absolute atomic E-state index is 0.0542. The van der Waals surface area contributed by atoms with Crippen LogP contribution in [-0.2, 0) is 9.53 Å². The first-order chi connectivity index (χ1) is 9.88. The van der Waals surface area contributed by atoms with E-state index in [0.717, 1.165) is 25.3 Å². The van der Waals surface area contributed by atoms with E-state index >= 15 is 0 Å². The van der Waals surface area contributed by atoms with E-state index in [0.29, 0.717) is 0 Å². The van der Waals surface area contributed by atoms with Crippen LogP contribution < -0.4 is 5.32 Å². The van der Waals surface area contributed by atoms with Gasteiger partial charge in [-0.2, -0.15) is 5.26 Å².